The minimum atomic E-state index is -0.796. The van der Waals surface area contributed by atoms with Crippen LogP contribution in [0.1, 0.15) is 38.5 Å². The fourth-order valence-electron chi connectivity index (χ4n) is 3.31. The zero-order valence-corrected chi connectivity index (χ0v) is 11.6. The van der Waals surface area contributed by atoms with Crippen molar-refractivity contribution in [2.45, 2.75) is 50.7 Å². The number of carbonyl (C=O) groups excluding carboxylic acids is 1. The molecule has 2 N–H and O–H groups in total. The molecule has 1 heterocycles. The first kappa shape index (κ1) is 13.7. The van der Waals surface area contributed by atoms with Gasteiger partial charge in [-0.1, -0.05) is 12.8 Å². The molecular formula is C14H22N2O4. The molecule has 0 spiro atoms. The molecule has 2 amide bonds. The summed E-state index contributed by atoms with van der Waals surface area (Å²) in [4.78, 5) is 25.3. The Morgan fingerprint density at radius 1 is 1.30 bits per heavy atom. The highest BCUT2D eigenvalue weighted by atomic mass is 16.5. The van der Waals surface area contributed by atoms with Crippen molar-refractivity contribution in [1.29, 1.82) is 0 Å². The summed E-state index contributed by atoms with van der Waals surface area (Å²) in [6, 6.07) is 0.0372. The maximum absolute atomic E-state index is 12.3. The first-order valence-corrected chi connectivity index (χ1v) is 7.52. The molecule has 3 aliphatic rings. The molecule has 3 fully saturated rings. The summed E-state index contributed by atoms with van der Waals surface area (Å²) in [5.41, 5.74) is -0.700. The fraction of sp³-hybridized carbons (Fsp3) is 0.857. The first-order chi connectivity index (χ1) is 9.62. The number of carboxylic acid groups (broad SMARTS) is 1. The highest BCUT2D eigenvalue weighted by Gasteiger charge is 2.50. The molecule has 2 aliphatic carbocycles. The number of hydrogen-bond acceptors (Lipinski definition) is 3. The summed E-state index contributed by atoms with van der Waals surface area (Å²) in [6.07, 6.45) is 5.80. The van der Waals surface area contributed by atoms with Gasteiger partial charge in [0.05, 0.1) is 24.2 Å². The van der Waals surface area contributed by atoms with E-state index in [9.17, 15) is 9.59 Å². The van der Waals surface area contributed by atoms with Crippen molar-refractivity contribution in [2.75, 3.05) is 19.7 Å². The lowest BCUT2D eigenvalue weighted by atomic mass is 9.90. The second-order valence-corrected chi connectivity index (χ2v) is 6.20. The molecule has 0 bridgehead atoms. The van der Waals surface area contributed by atoms with Crippen LogP contribution in [0.3, 0.4) is 0 Å². The van der Waals surface area contributed by atoms with Gasteiger partial charge in [0, 0.05) is 13.1 Å². The number of carbonyl (C=O) groups is 2. The normalized spacial score (nSPS) is 31.3. The number of fused-ring (bicyclic) bond motifs is 1. The second kappa shape index (κ2) is 5.24. The average molecular weight is 282 g/mol. The zero-order chi connectivity index (χ0) is 14.2. The predicted molar refractivity (Wildman–Crippen MR) is 71.4 cm³/mol. The topological polar surface area (TPSA) is 78.9 Å². The van der Waals surface area contributed by atoms with Gasteiger partial charge in [-0.3, -0.25) is 4.79 Å². The number of amides is 2. The molecule has 1 aliphatic heterocycles. The molecule has 3 rings (SSSR count). The molecule has 6 nitrogen and oxygen atoms in total. The third-order valence-electron chi connectivity index (χ3n) is 4.88. The van der Waals surface area contributed by atoms with Gasteiger partial charge in [0.25, 0.3) is 0 Å². The Balaban J connectivity index is 1.57. The van der Waals surface area contributed by atoms with Crippen LogP contribution in [0.4, 0.5) is 4.79 Å². The first-order valence-electron chi connectivity index (χ1n) is 7.52. The largest absolute Gasteiger partial charge is 0.481 e. The van der Waals surface area contributed by atoms with Crippen LogP contribution in [0.5, 0.6) is 0 Å². The van der Waals surface area contributed by atoms with Crippen LogP contribution >= 0.6 is 0 Å². The van der Waals surface area contributed by atoms with Crippen molar-refractivity contribution in [2.24, 2.45) is 5.41 Å². The summed E-state index contributed by atoms with van der Waals surface area (Å²) < 4.78 is 5.74. The van der Waals surface area contributed by atoms with Gasteiger partial charge >= 0.3 is 12.0 Å². The summed E-state index contributed by atoms with van der Waals surface area (Å²) in [7, 11) is 0. The van der Waals surface area contributed by atoms with E-state index in [4.69, 9.17) is 9.84 Å². The Bertz CT molecular complexity index is 406. The number of hydrogen-bond donors (Lipinski definition) is 2. The third-order valence-corrected chi connectivity index (χ3v) is 4.88. The number of nitrogens with one attached hydrogen (secondary N) is 1. The SMILES string of the molecule is O=C(NCC1(C(=O)O)CC1)N1CCOC2CCCCC21. The van der Waals surface area contributed by atoms with Gasteiger partial charge in [0.15, 0.2) is 0 Å². The Kier molecular flexibility index (Phi) is 3.58. The summed E-state index contributed by atoms with van der Waals surface area (Å²) in [6.45, 7) is 1.43. The number of urea groups is 1. The summed E-state index contributed by atoms with van der Waals surface area (Å²) >= 11 is 0. The van der Waals surface area contributed by atoms with Crippen LogP contribution in [-0.2, 0) is 9.53 Å². The van der Waals surface area contributed by atoms with Gasteiger partial charge in [-0.05, 0) is 25.7 Å². The number of ether oxygens (including phenoxy) is 1. The van der Waals surface area contributed by atoms with E-state index in [1.807, 2.05) is 4.90 Å². The Hall–Kier alpha value is -1.30. The van der Waals surface area contributed by atoms with Crippen molar-refractivity contribution in [3.05, 3.63) is 0 Å². The quantitative estimate of drug-likeness (QED) is 0.815. The lowest BCUT2D eigenvalue weighted by molar-refractivity contribution is -0.143. The second-order valence-electron chi connectivity index (χ2n) is 6.20. The zero-order valence-electron chi connectivity index (χ0n) is 11.6. The van der Waals surface area contributed by atoms with Crippen LogP contribution < -0.4 is 5.32 Å². The van der Waals surface area contributed by atoms with E-state index >= 15 is 0 Å². The average Bonchev–Trinajstić information content (AvgIpc) is 3.25. The van der Waals surface area contributed by atoms with Crippen molar-refractivity contribution in [3.8, 4) is 0 Å². The Morgan fingerprint density at radius 3 is 2.75 bits per heavy atom. The van der Waals surface area contributed by atoms with Gasteiger partial charge in [-0.15, -0.1) is 0 Å². The van der Waals surface area contributed by atoms with Crippen molar-refractivity contribution in [1.82, 2.24) is 10.2 Å². The third kappa shape index (κ3) is 2.49. The Morgan fingerprint density at radius 2 is 2.05 bits per heavy atom. The molecule has 2 saturated carbocycles. The predicted octanol–water partition coefficient (Wildman–Crippen LogP) is 1.20. The number of aliphatic carboxylic acids is 1. The minimum Gasteiger partial charge on any atom is -0.481 e. The molecule has 6 heteroatoms. The molecule has 0 radical (unpaired) electrons. The highest BCUT2D eigenvalue weighted by Crippen LogP contribution is 2.45. The molecule has 20 heavy (non-hydrogen) atoms. The monoisotopic (exact) mass is 282 g/mol. The fourth-order valence-corrected chi connectivity index (χ4v) is 3.31. The lowest BCUT2D eigenvalue weighted by Gasteiger charge is -2.43. The lowest BCUT2D eigenvalue weighted by Crippen LogP contribution is -2.58. The van der Waals surface area contributed by atoms with E-state index in [0.717, 1.165) is 19.3 Å². The van der Waals surface area contributed by atoms with Gasteiger partial charge in [0.2, 0.25) is 0 Å². The van der Waals surface area contributed by atoms with E-state index in [2.05, 4.69) is 5.32 Å². The Labute approximate surface area is 118 Å². The van der Waals surface area contributed by atoms with Crippen LogP contribution in [-0.4, -0.2) is 53.8 Å². The number of nitrogens with zero attached hydrogens (tertiary/aromatic N) is 1. The minimum absolute atomic E-state index is 0.127. The van der Waals surface area contributed by atoms with E-state index in [-0.39, 0.29) is 24.7 Å². The van der Waals surface area contributed by atoms with Crippen LogP contribution in [0.2, 0.25) is 0 Å². The van der Waals surface area contributed by atoms with Crippen LogP contribution in [0.25, 0.3) is 0 Å². The van der Waals surface area contributed by atoms with Crippen molar-refractivity contribution in [3.63, 3.8) is 0 Å². The van der Waals surface area contributed by atoms with Gasteiger partial charge in [-0.25, -0.2) is 4.79 Å². The van der Waals surface area contributed by atoms with Crippen LogP contribution in [0, 0.1) is 5.41 Å². The summed E-state index contributed by atoms with van der Waals surface area (Å²) in [5, 5.41) is 11.9. The highest BCUT2D eigenvalue weighted by molar-refractivity contribution is 5.80. The molecule has 0 aromatic heterocycles. The van der Waals surface area contributed by atoms with Crippen molar-refractivity contribution >= 4 is 12.0 Å². The molecule has 0 aromatic rings. The molecule has 2 atom stereocenters. The van der Waals surface area contributed by atoms with Crippen molar-refractivity contribution < 1.29 is 19.4 Å². The van der Waals surface area contributed by atoms with E-state index in [1.165, 1.54) is 6.42 Å². The molecule has 2 unspecified atom stereocenters. The van der Waals surface area contributed by atoms with Crippen LogP contribution in [0.15, 0.2) is 0 Å². The molecule has 0 aromatic carbocycles. The standard InChI is InChI=1S/C14H22N2O4/c17-12(18)14(5-6-14)9-15-13(19)16-7-8-20-11-4-2-1-3-10(11)16/h10-11H,1-9H2,(H,15,19)(H,17,18). The molecule has 112 valence electrons. The van der Waals surface area contributed by atoms with Gasteiger partial charge < -0.3 is 20.1 Å². The van der Waals surface area contributed by atoms with E-state index in [0.29, 0.717) is 26.0 Å². The summed E-state index contributed by atoms with van der Waals surface area (Å²) in [5.74, 6) is -0.796. The number of morpholine rings is 1. The van der Waals surface area contributed by atoms with Gasteiger partial charge in [0.1, 0.15) is 0 Å². The smallest absolute Gasteiger partial charge is 0.317 e. The van der Waals surface area contributed by atoms with E-state index in [1.54, 1.807) is 0 Å². The molecular weight excluding hydrogens is 260 g/mol. The maximum atomic E-state index is 12.3. The van der Waals surface area contributed by atoms with Gasteiger partial charge in [-0.2, -0.15) is 0 Å². The molecule has 1 saturated heterocycles. The number of carboxylic acids is 1. The van der Waals surface area contributed by atoms with E-state index < -0.39 is 11.4 Å². The number of rotatable bonds is 3. The maximum Gasteiger partial charge on any atom is 0.317 e.